The highest BCUT2D eigenvalue weighted by Gasteiger charge is 2.29. The number of aliphatic carboxylic acids is 1. The maximum absolute atomic E-state index is 12.6. The quantitative estimate of drug-likeness (QED) is 0.618. The molecule has 1 aliphatic heterocycles. The maximum atomic E-state index is 12.6. The van der Waals surface area contributed by atoms with E-state index in [0.717, 1.165) is 0 Å². The van der Waals surface area contributed by atoms with Crippen molar-refractivity contribution >= 4 is 5.97 Å². The highest BCUT2D eigenvalue weighted by Crippen LogP contribution is 2.19. The Balaban J connectivity index is 2.33. The van der Waals surface area contributed by atoms with E-state index in [-0.39, 0.29) is 19.6 Å². The third-order valence-electron chi connectivity index (χ3n) is 1.56. The summed E-state index contributed by atoms with van der Waals surface area (Å²) in [5.41, 5.74) is 0. The predicted molar refractivity (Wildman–Crippen MR) is 31.5 cm³/mol. The second-order valence-electron chi connectivity index (χ2n) is 2.41. The lowest BCUT2D eigenvalue weighted by atomic mass is 10.0. The average Bonchev–Trinajstić information content (AvgIpc) is 2.15. The van der Waals surface area contributed by atoms with Gasteiger partial charge in [0.05, 0.1) is 19.6 Å². The molecule has 0 aromatic rings. The van der Waals surface area contributed by atoms with Crippen LogP contribution in [-0.4, -0.2) is 30.5 Å². The fraction of sp³-hybridized carbons (Fsp3) is 0.833. The van der Waals surface area contributed by atoms with Gasteiger partial charge in [0.25, 0.3) is 0 Å². The van der Waals surface area contributed by atoms with Crippen LogP contribution < -0.4 is 0 Å². The van der Waals surface area contributed by atoms with Crippen molar-refractivity contribution in [3.8, 4) is 0 Å². The van der Waals surface area contributed by atoms with E-state index in [1.54, 1.807) is 0 Å². The van der Waals surface area contributed by atoms with Gasteiger partial charge in [0.2, 0.25) is 0 Å². The zero-order chi connectivity index (χ0) is 7.56. The number of carboxylic acids is 1. The molecule has 0 aromatic carbocycles. The average molecular weight is 148 g/mol. The van der Waals surface area contributed by atoms with Crippen LogP contribution in [0.3, 0.4) is 0 Å². The van der Waals surface area contributed by atoms with Gasteiger partial charge in [0, 0.05) is 5.92 Å². The lowest BCUT2D eigenvalue weighted by Crippen LogP contribution is -2.16. The third kappa shape index (κ3) is 1.67. The molecule has 0 spiro atoms. The largest absolute Gasteiger partial charge is 0.481 e. The van der Waals surface area contributed by atoms with Crippen molar-refractivity contribution in [2.24, 2.45) is 5.92 Å². The summed E-state index contributed by atoms with van der Waals surface area (Å²) in [6, 6.07) is 0. The van der Waals surface area contributed by atoms with Crippen molar-refractivity contribution in [3.63, 3.8) is 0 Å². The summed E-state index contributed by atoms with van der Waals surface area (Å²) in [5, 5.41) is 8.27. The first-order chi connectivity index (χ1) is 4.70. The van der Waals surface area contributed by atoms with Crippen molar-refractivity contribution in [1.82, 2.24) is 0 Å². The molecule has 0 aliphatic carbocycles. The molecule has 4 heteroatoms. The van der Waals surface area contributed by atoms with E-state index in [4.69, 9.17) is 9.84 Å². The summed E-state index contributed by atoms with van der Waals surface area (Å²) >= 11 is 0. The van der Waals surface area contributed by atoms with E-state index in [1.165, 1.54) is 0 Å². The monoisotopic (exact) mass is 148 g/mol. The summed E-state index contributed by atoms with van der Waals surface area (Å²) in [5.74, 6) is -1.39. The van der Waals surface area contributed by atoms with Gasteiger partial charge in [0.1, 0.15) is 6.17 Å². The summed E-state index contributed by atoms with van der Waals surface area (Å²) < 4.78 is 17.3. The molecule has 58 valence electrons. The molecule has 0 radical (unpaired) electrons. The van der Waals surface area contributed by atoms with E-state index >= 15 is 0 Å². The molecule has 1 saturated heterocycles. The molecule has 10 heavy (non-hydrogen) atoms. The molecule has 1 fully saturated rings. The van der Waals surface area contributed by atoms with Gasteiger partial charge in [0.15, 0.2) is 0 Å². The standard InChI is InChI=1S/C6H9FO3/c7-5-3-10-2-4(5)1-6(8)9/h4-5H,1-3H2,(H,8,9). The SMILES string of the molecule is O=C(O)CC1COCC1F. The summed E-state index contributed by atoms with van der Waals surface area (Å²) in [6.07, 6.45) is -1.21. The number of alkyl halides is 1. The van der Waals surface area contributed by atoms with Gasteiger partial charge in [-0.3, -0.25) is 4.79 Å². The van der Waals surface area contributed by atoms with Crippen LogP contribution in [0.4, 0.5) is 4.39 Å². The van der Waals surface area contributed by atoms with Crippen LogP contribution in [0.5, 0.6) is 0 Å². The summed E-state index contributed by atoms with van der Waals surface area (Å²) in [6.45, 7) is 0.297. The Hall–Kier alpha value is -0.640. The number of rotatable bonds is 2. The minimum atomic E-state index is -1.09. The molecule has 0 saturated carbocycles. The molecule has 2 unspecified atom stereocenters. The van der Waals surface area contributed by atoms with Gasteiger partial charge < -0.3 is 9.84 Å². The van der Waals surface area contributed by atoms with E-state index < -0.39 is 18.1 Å². The van der Waals surface area contributed by atoms with E-state index in [9.17, 15) is 9.18 Å². The summed E-state index contributed by atoms with van der Waals surface area (Å²) in [7, 11) is 0. The number of carbonyl (C=O) groups is 1. The van der Waals surface area contributed by atoms with Crippen molar-refractivity contribution in [2.45, 2.75) is 12.6 Å². The molecule has 0 amide bonds. The van der Waals surface area contributed by atoms with Crippen LogP contribution in [0.25, 0.3) is 0 Å². The fourth-order valence-electron chi connectivity index (χ4n) is 0.984. The van der Waals surface area contributed by atoms with Crippen LogP contribution in [0.2, 0.25) is 0 Å². The smallest absolute Gasteiger partial charge is 0.303 e. The van der Waals surface area contributed by atoms with Gasteiger partial charge >= 0.3 is 5.97 Å². The molecule has 1 rings (SSSR count). The fourth-order valence-corrected chi connectivity index (χ4v) is 0.984. The maximum Gasteiger partial charge on any atom is 0.303 e. The highest BCUT2D eigenvalue weighted by atomic mass is 19.1. The summed E-state index contributed by atoms with van der Waals surface area (Å²) in [4.78, 5) is 10.1. The molecule has 1 aliphatic rings. The zero-order valence-corrected chi connectivity index (χ0v) is 5.42. The molecule has 0 aromatic heterocycles. The minimum Gasteiger partial charge on any atom is -0.481 e. The Labute approximate surface area is 57.8 Å². The van der Waals surface area contributed by atoms with Crippen LogP contribution >= 0.6 is 0 Å². The van der Waals surface area contributed by atoms with Gasteiger partial charge in [-0.2, -0.15) is 0 Å². The molecule has 1 heterocycles. The Morgan fingerprint density at radius 2 is 2.40 bits per heavy atom. The number of ether oxygens (including phenoxy) is 1. The highest BCUT2D eigenvalue weighted by molar-refractivity contribution is 5.67. The zero-order valence-electron chi connectivity index (χ0n) is 5.42. The van der Waals surface area contributed by atoms with Gasteiger partial charge in [-0.25, -0.2) is 4.39 Å². The van der Waals surface area contributed by atoms with Gasteiger partial charge in [-0.05, 0) is 0 Å². The van der Waals surface area contributed by atoms with Gasteiger partial charge in [-0.1, -0.05) is 0 Å². The first kappa shape index (κ1) is 7.47. The Bertz CT molecular complexity index is 137. The lowest BCUT2D eigenvalue weighted by Gasteiger charge is -2.04. The topological polar surface area (TPSA) is 46.5 Å². The van der Waals surface area contributed by atoms with Crippen LogP contribution in [-0.2, 0) is 9.53 Å². The van der Waals surface area contributed by atoms with E-state index in [0.29, 0.717) is 0 Å². The van der Waals surface area contributed by atoms with Crippen molar-refractivity contribution in [2.75, 3.05) is 13.2 Å². The first-order valence-electron chi connectivity index (χ1n) is 3.13. The van der Waals surface area contributed by atoms with Crippen LogP contribution in [0.15, 0.2) is 0 Å². The Morgan fingerprint density at radius 1 is 1.70 bits per heavy atom. The van der Waals surface area contributed by atoms with Crippen molar-refractivity contribution in [1.29, 1.82) is 0 Å². The second-order valence-corrected chi connectivity index (χ2v) is 2.41. The number of hydrogen-bond acceptors (Lipinski definition) is 2. The predicted octanol–water partition coefficient (Wildman–Crippen LogP) is 0.446. The molecule has 2 atom stereocenters. The number of carboxylic acid groups (broad SMARTS) is 1. The first-order valence-corrected chi connectivity index (χ1v) is 3.13. The van der Waals surface area contributed by atoms with Gasteiger partial charge in [-0.15, -0.1) is 0 Å². The van der Waals surface area contributed by atoms with E-state index in [1.807, 2.05) is 0 Å². The van der Waals surface area contributed by atoms with Crippen LogP contribution in [0.1, 0.15) is 6.42 Å². The normalized spacial score (nSPS) is 32.5. The molecule has 3 nitrogen and oxygen atoms in total. The minimum absolute atomic E-state index is 0.0535. The lowest BCUT2D eigenvalue weighted by molar-refractivity contribution is -0.138. The molecule has 0 bridgehead atoms. The molecule has 1 N–H and O–H groups in total. The second kappa shape index (κ2) is 2.96. The number of halogens is 1. The van der Waals surface area contributed by atoms with Crippen molar-refractivity contribution in [3.05, 3.63) is 0 Å². The molecular weight excluding hydrogens is 139 g/mol. The van der Waals surface area contributed by atoms with E-state index in [2.05, 4.69) is 0 Å². The van der Waals surface area contributed by atoms with Crippen molar-refractivity contribution < 1.29 is 19.0 Å². The third-order valence-corrected chi connectivity index (χ3v) is 1.56. The Kier molecular flexibility index (Phi) is 2.21. The molecular formula is C6H9FO3. The van der Waals surface area contributed by atoms with Crippen LogP contribution in [0, 0.1) is 5.92 Å². The Morgan fingerprint density at radius 3 is 2.80 bits per heavy atom. The number of hydrogen-bond donors (Lipinski definition) is 1.